The fourth-order valence-corrected chi connectivity index (χ4v) is 2.04. The van der Waals surface area contributed by atoms with E-state index in [1.807, 2.05) is 0 Å². The number of aromatic nitrogens is 5. The molecule has 0 unspecified atom stereocenters. The van der Waals surface area contributed by atoms with Crippen molar-refractivity contribution < 1.29 is 0 Å². The smallest absolute Gasteiger partial charge is 0.308 e. The molecule has 2 rings (SSSR count). The molecule has 0 aliphatic carbocycles. The molecule has 20 heavy (non-hydrogen) atoms. The number of H-pyrrole nitrogens is 1. The van der Waals surface area contributed by atoms with Gasteiger partial charge in [-0.15, -0.1) is 5.10 Å². The molecule has 2 heterocycles. The Hall–Kier alpha value is -1.67. The van der Waals surface area contributed by atoms with E-state index in [4.69, 9.17) is 0 Å². The van der Waals surface area contributed by atoms with Crippen molar-refractivity contribution in [1.29, 1.82) is 0 Å². The van der Waals surface area contributed by atoms with E-state index >= 15 is 0 Å². The summed E-state index contributed by atoms with van der Waals surface area (Å²) < 4.78 is 1.42. The molecule has 0 fully saturated rings. The molecule has 8 heteroatoms. The molecule has 0 aliphatic rings. The lowest BCUT2D eigenvalue weighted by atomic mass is 10.1. The van der Waals surface area contributed by atoms with Gasteiger partial charge in [-0.3, -0.25) is 4.57 Å². The molecule has 0 atom stereocenters. The Bertz CT molecular complexity index is 625. The Morgan fingerprint density at radius 3 is 2.50 bits per heavy atom. The van der Waals surface area contributed by atoms with Gasteiger partial charge in [-0.2, -0.15) is 0 Å². The van der Waals surface area contributed by atoms with E-state index in [1.54, 1.807) is 19.4 Å². The lowest BCUT2D eigenvalue weighted by Gasteiger charge is -2.20. The minimum atomic E-state index is -0.251. The molecular formula is C12H18N6OS. The molecule has 0 radical (unpaired) electrons. The van der Waals surface area contributed by atoms with Gasteiger partial charge in [-0.25, -0.2) is 19.9 Å². The molecule has 2 aromatic rings. The summed E-state index contributed by atoms with van der Waals surface area (Å²) in [5, 5.41) is 10.7. The van der Waals surface area contributed by atoms with Crippen LogP contribution in [0.4, 0.5) is 0 Å². The molecule has 0 aromatic carbocycles. The molecule has 0 saturated carbocycles. The second-order valence-corrected chi connectivity index (χ2v) is 6.38. The van der Waals surface area contributed by atoms with Gasteiger partial charge in [0.2, 0.25) is 0 Å². The first kappa shape index (κ1) is 14.7. The summed E-state index contributed by atoms with van der Waals surface area (Å²) in [6.45, 7) is 7.04. The molecule has 2 N–H and O–H groups in total. The highest BCUT2D eigenvalue weighted by atomic mass is 32.2. The first-order valence-electron chi connectivity index (χ1n) is 6.20. The Balaban J connectivity index is 2.01. The van der Waals surface area contributed by atoms with Crippen molar-refractivity contribution in [2.45, 2.75) is 43.2 Å². The average Bonchev–Trinajstić information content (AvgIpc) is 2.69. The van der Waals surface area contributed by atoms with Crippen LogP contribution < -0.4 is 11.0 Å². The fraction of sp³-hybridized carbons (Fsp3) is 0.500. The third-order valence-corrected chi connectivity index (χ3v) is 3.47. The van der Waals surface area contributed by atoms with Crippen LogP contribution in [0.1, 0.15) is 26.3 Å². The maximum atomic E-state index is 11.2. The number of hydrogen-bond acceptors (Lipinski definition) is 6. The summed E-state index contributed by atoms with van der Waals surface area (Å²) in [5.41, 5.74) is 0.819. The first-order valence-corrected chi connectivity index (χ1v) is 7.02. The van der Waals surface area contributed by atoms with E-state index < -0.39 is 0 Å². The maximum Gasteiger partial charge on any atom is 0.343 e. The topological polar surface area (TPSA) is 88.5 Å². The Morgan fingerprint density at radius 1 is 1.35 bits per heavy atom. The molecule has 0 amide bonds. The summed E-state index contributed by atoms with van der Waals surface area (Å²) in [6, 6.07) is 0. The molecule has 2 aromatic heterocycles. The van der Waals surface area contributed by atoms with Crippen LogP contribution in [0.25, 0.3) is 0 Å². The van der Waals surface area contributed by atoms with Gasteiger partial charge in [-0.05, 0) is 32.5 Å². The van der Waals surface area contributed by atoms with Crippen LogP contribution in [0.3, 0.4) is 0 Å². The first-order chi connectivity index (χ1) is 9.35. The summed E-state index contributed by atoms with van der Waals surface area (Å²) in [4.78, 5) is 19.8. The Kier molecular flexibility index (Phi) is 4.24. The molecule has 0 aliphatic heterocycles. The number of hydrogen-bond donors (Lipinski definition) is 2. The minimum absolute atomic E-state index is 0.0563. The van der Waals surface area contributed by atoms with Gasteiger partial charge < -0.3 is 5.32 Å². The van der Waals surface area contributed by atoms with Crippen LogP contribution in [0, 0.1) is 0 Å². The van der Waals surface area contributed by atoms with Crippen LogP contribution in [0.2, 0.25) is 0 Å². The van der Waals surface area contributed by atoms with Gasteiger partial charge in [-0.1, -0.05) is 0 Å². The van der Waals surface area contributed by atoms with Crippen molar-refractivity contribution in [2.24, 2.45) is 7.05 Å². The Labute approximate surface area is 121 Å². The summed E-state index contributed by atoms with van der Waals surface area (Å²) in [7, 11) is 1.65. The van der Waals surface area contributed by atoms with Crippen LogP contribution >= 0.6 is 11.8 Å². The molecule has 0 saturated heterocycles. The van der Waals surface area contributed by atoms with Crippen molar-refractivity contribution in [3.63, 3.8) is 0 Å². The third-order valence-electron chi connectivity index (χ3n) is 2.53. The van der Waals surface area contributed by atoms with Gasteiger partial charge in [0.05, 0.1) is 0 Å². The highest BCUT2D eigenvalue weighted by Gasteiger charge is 2.10. The van der Waals surface area contributed by atoms with Crippen LogP contribution in [-0.4, -0.2) is 30.3 Å². The number of nitrogens with one attached hydrogen (secondary N) is 2. The van der Waals surface area contributed by atoms with Gasteiger partial charge in [0.15, 0.2) is 10.3 Å². The van der Waals surface area contributed by atoms with Gasteiger partial charge in [0.1, 0.15) is 0 Å². The monoisotopic (exact) mass is 294 g/mol. The quantitative estimate of drug-likeness (QED) is 0.816. The standard InChI is InChI=1S/C12H18N6OS/c1-12(2,3)15-7-8-5-13-9(14-6-8)20-11-17-16-10(19)18(11)4/h5-6,15H,7H2,1-4H3,(H,16,19). The molecule has 108 valence electrons. The fourth-order valence-electron chi connectivity index (χ4n) is 1.36. The van der Waals surface area contributed by atoms with Crippen molar-refractivity contribution in [2.75, 3.05) is 0 Å². The van der Waals surface area contributed by atoms with E-state index in [2.05, 4.69) is 46.3 Å². The second-order valence-electron chi connectivity index (χ2n) is 5.45. The predicted octanol–water partition coefficient (Wildman–Crippen LogP) is 0.938. The second kappa shape index (κ2) is 5.76. The number of nitrogens with zero attached hydrogens (tertiary/aromatic N) is 4. The number of rotatable bonds is 4. The summed E-state index contributed by atoms with van der Waals surface area (Å²) in [5.74, 6) is 0. The van der Waals surface area contributed by atoms with Crippen molar-refractivity contribution in [3.05, 3.63) is 28.4 Å². The van der Waals surface area contributed by atoms with Gasteiger partial charge in [0, 0.05) is 37.1 Å². The number of aromatic amines is 1. The summed E-state index contributed by atoms with van der Waals surface area (Å²) >= 11 is 1.25. The van der Waals surface area contributed by atoms with Crippen molar-refractivity contribution in [3.8, 4) is 0 Å². The van der Waals surface area contributed by atoms with E-state index in [0.717, 1.165) is 12.1 Å². The normalized spacial score (nSPS) is 11.8. The zero-order chi connectivity index (χ0) is 14.8. The highest BCUT2D eigenvalue weighted by Crippen LogP contribution is 2.19. The maximum absolute atomic E-state index is 11.2. The largest absolute Gasteiger partial charge is 0.343 e. The van der Waals surface area contributed by atoms with Crippen LogP contribution in [-0.2, 0) is 13.6 Å². The average molecular weight is 294 g/mol. The molecular weight excluding hydrogens is 276 g/mol. The lowest BCUT2D eigenvalue weighted by Crippen LogP contribution is -2.35. The zero-order valence-corrected chi connectivity index (χ0v) is 12.8. The van der Waals surface area contributed by atoms with Crippen LogP contribution in [0.5, 0.6) is 0 Å². The molecule has 7 nitrogen and oxygen atoms in total. The van der Waals surface area contributed by atoms with Crippen molar-refractivity contribution >= 4 is 11.8 Å². The predicted molar refractivity (Wildman–Crippen MR) is 76.6 cm³/mol. The molecule has 0 spiro atoms. The van der Waals surface area contributed by atoms with Crippen LogP contribution in [0.15, 0.2) is 27.5 Å². The molecule has 0 bridgehead atoms. The van der Waals surface area contributed by atoms with Gasteiger partial charge in [0.25, 0.3) is 0 Å². The van der Waals surface area contributed by atoms with Crippen molar-refractivity contribution in [1.82, 2.24) is 30.0 Å². The lowest BCUT2D eigenvalue weighted by molar-refractivity contribution is 0.423. The van der Waals surface area contributed by atoms with E-state index in [9.17, 15) is 4.79 Å². The minimum Gasteiger partial charge on any atom is -0.308 e. The van der Waals surface area contributed by atoms with E-state index in [-0.39, 0.29) is 11.2 Å². The summed E-state index contributed by atoms with van der Waals surface area (Å²) in [6.07, 6.45) is 3.55. The van der Waals surface area contributed by atoms with Gasteiger partial charge >= 0.3 is 5.69 Å². The third kappa shape index (κ3) is 3.91. The highest BCUT2D eigenvalue weighted by molar-refractivity contribution is 7.99. The van der Waals surface area contributed by atoms with E-state index in [0.29, 0.717) is 10.3 Å². The Morgan fingerprint density at radius 2 is 2.00 bits per heavy atom. The zero-order valence-electron chi connectivity index (χ0n) is 12.0. The van der Waals surface area contributed by atoms with E-state index in [1.165, 1.54) is 16.3 Å². The SMILES string of the molecule is Cn1c(Sc2ncc(CNC(C)(C)C)cn2)n[nH]c1=O.